The molecule has 8 nitrogen and oxygen atoms in total. The van der Waals surface area contributed by atoms with Crippen molar-refractivity contribution in [3.05, 3.63) is 29.8 Å². The lowest BCUT2D eigenvalue weighted by atomic mass is 10.1. The number of amides is 2. The van der Waals surface area contributed by atoms with Crippen molar-refractivity contribution in [1.82, 2.24) is 10.6 Å². The largest absolute Gasteiger partial charge is 0.493 e. The molecule has 31 heavy (non-hydrogen) atoms. The van der Waals surface area contributed by atoms with Gasteiger partial charge < -0.3 is 24.8 Å². The highest BCUT2D eigenvalue weighted by molar-refractivity contribution is 5.97. The normalized spacial score (nSPS) is 11.9. The van der Waals surface area contributed by atoms with Crippen molar-refractivity contribution >= 4 is 18.0 Å². The van der Waals surface area contributed by atoms with E-state index < -0.39 is 36.3 Å². The maximum atomic E-state index is 12.6. The molecule has 0 radical (unpaired) electrons. The second-order valence-corrected chi connectivity index (χ2v) is 7.89. The average molecular weight is 441 g/mol. The molecule has 174 valence electrons. The second kappa shape index (κ2) is 13.5. The van der Waals surface area contributed by atoms with Crippen molar-refractivity contribution in [2.24, 2.45) is 0 Å². The van der Waals surface area contributed by atoms with Crippen LogP contribution in [0.5, 0.6) is 5.75 Å². The van der Waals surface area contributed by atoms with E-state index in [2.05, 4.69) is 10.6 Å². The van der Waals surface area contributed by atoms with E-state index in [1.165, 1.54) is 13.2 Å². The smallest absolute Gasteiger partial charge is 0.407 e. The quantitative estimate of drug-likeness (QED) is 0.382. The molecule has 1 aromatic carbocycles. The van der Waals surface area contributed by atoms with Gasteiger partial charge in [0.15, 0.2) is 0 Å². The summed E-state index contributed by atoms with van der Waals surface area (Å²) >= 11 is 0. The third-order valence-electron chi connectivity index (χ3n) is 4.02. The monoisotopic (exact) mass is 440 g/mol. The van der Waals surface area contributed by atoms with Gasteiger partial charge in [0.05, 0.1) is 20.4 Å². The number of halogens is 1. The summed E-state index contributed by atoms with van der Waals surface area (Å²) in [5.41, 5.74) is -0.252. The Morgan fingerprint density at radius 3 is 2.52 bits per heavy atom. The Morgan fingerprint density at radius 2 is 1.87 bits per heavy atom. The third kappa shape index (κ3) is 11.2. The highest BCUT2D eigenvalue weighted by atomic mass is 19.1. The van der Waals surface area contributed by atoms with Crippen LogP contribution < -0.4 is 15.4 Å². The van der Waals surface area contributed by atoms with Crippen molar-refractivity contribution in [3.63, 3.8) is 0 Å². The van der Waals surface area contributed by atoms with E-state index in [0.29, 0.717) is 37.1 Å². The Bertz CT molecular complexity index is 720. The van der Waals surface area contributed by atoms with Crippen molar-refractivity contribution in [2.45, 2.75) is 58.1 Å². The van der Waals surface area contributed by atoms with Gasteiger partial charge in [0.2, 0.25) is 0 Å². The summed E-state index contributed by atoms with van der Waals surface area (Å²) in [6.07, 6.45) is 1.28. The zero-order chi connectivity index (χ0) is 23.3. The predicted octanol–water partition coefficient (Wildman–Crippen LogP) is 3.39. The fraction of sp³-hybridized carbons (Fsp3) is 0.591. The van der Waals surface area contributed by atoms with Gasteiger partial charge >= 0.3 is 12.1 Å². The van der Waals surface area contributed by atoms with Gasteiger partial charge in [-0.2, -0.15) is 0 Å². The Hall–Kier alpha value is -2.84. The van der Waals surface area contributed by atoms with Crippen LogP contribution in [-0.4, -0.2) is 56.5 Å². The molecule has 0 aliphatic rings. The molecule has 0 heterocycles. The first kappa shape index (κ1) is 26.2. The summed E-state index contributed by atoms with van der Waals surface area (Å²) in [6.45, 7) is 5.46. The van der Waals surface area contributed by atoms with Crippen molar-refractivity contribution in [3.8, 4) is 5.75 Å². The number of nitrogens with one attached hydrogen (secondary N) is 2. The molecule has 0 aliphatic heterocycles. The van der Waals surface area contributed by atoms with Crippen molar-refractivity contribution in [1.29, 1.82) is 0 Å². The van der Waals surface area contributed by atoms with Crippen LogP contribution in [-0.2, 0) is 14.3 Å². The minimum absolute atomic E-state index is 0.212. The number of benzene rings is 1. The highest BCUT2D eigenvalue weighted by Crippen LogP contribution is 2.14. The van der Waals surface area contributed by atoms with E-state index >= 15 is 0 Å². The van der Waals surface area contributed by atoms with E-state index in [1.54, 1.807) is 39.0 Å². The van der Waals surface area contributed by atoms with Gasteiger partial charge in [0, 0.05) is 18.5 Å². The fourth-order valence-electron chi connectivity index (χ4n) is 2.58. The number of hydrogen-bond donors (Lipinski definition) is 2. The lowest BCUT2D eigenvalue weighted by Crippen LogP contribution is -2.41. The molecule has 0 aromatic heterocycles. The van der Waals surface area contributed by atoms with Crippen LogP contribution in [0.25, 0.3) is 0 Å². The van der Waals surface area contributed by atoms with E-state index in [4.69, 9.17) is 14.2 Å². The molecule has 0 saturated heterocycles. The number of esters is 1. The van der Waals surface area contributed by atoms with Gasteiger partial charge in [-0.3, -0.25) is 9.18 Å². The Morgan fingerprint density at radius 1 is 1.13 bits per heavy atom. The molecular weight excluding hydrogens is 407 g/mol. The number of rotatable bonds is 12. The third-order valence-corrected chi connectivity index (χ3v) is 4.02. The number of carbonyl (C=O) groups is 3. The fourth-order valence-corrected chi connectivity index (χ4v) is 2.58. The second-order valence-electron chi connectivity index (χ2n) is 7.89. The van der Waals surface area contributed by atoms with Crippen molar-refractivity contribution < 1.29 is 33.0 Å². The summed E-state index contributed by atoms with van der Waals surface area (Å²) in [6, 6.07) is 5.62. The molecule has 0 bridgehead atoms. The number of ether oxygens (including phenoxy) is 3. The van der Waals surface area contributed by atoms with Crippen LogP contribution in [0.3, 0.4) is 0 Å². The molecule has 0 fully saturated rings. The standard InChI is InChI=1S/C22H33FN2O6/c1-22(2,3)31-21(28)24-13-6-5-11-18(20(27)29-4)25-19(26)16-9-7-10-17(15-16)30-14-8-12-23/h7,9-10,15,18H,5-6,8,11-14H2,1-4H3,(H,24,28)(H,25,26)/t18-/m0/s1. The number of methoxy groups -OCH3 is 1. The zero-order valence-electron chi connectivity index (χ0n) is 18.7. The van der Waals surface area contributed by atoms with Gasteiger partial charge in [-0.05, 0) is 58.2 Å². The van der Waals surface area contributed by atoms with E-state index in [-0.39, 0.29) is 13.0 Å². The van der Waals surface area contributed by atoms with Gasteiger partial charge in [0.1, 0.15) is 17.4 Å². The molecule has 9 heteroatoms. The minimum Gasteiger partial charge on any atom is -0.493 e. The topological polar surface area (TPSA) is 103 Å². The number of hydrogen-bond acceptors (Lipinski definition) is 6. The molecule has 1 aromatic rings. The number of alkyl carbamates (subject to hydrolysis) is 1. The molecule has 2 amide bonds. The SMILES string of the molecule is COC(=O)[C@H](CCCCNC(=O)OC(C)(C)C)NC(=O)c1cccc(OCCCF)c1. The summed E-state index contributed by atoms with van der Waals surface area (Å²) in [5.74, 6) is -0.550. The van der Waals surface area contributed by atoms with Gasteiger partial charge in [-0.15, -0.1) is 0 Å². The first-order valence-corrected chi connectivity index (χ1v) is 10.3. The Labute approximate surface area is 182 Å². The molecule has 0 saturated carbocycles. The molecule has 0 spiro atoms. The van der Waals surface area contributed by atoms with Gasteiger partial charge in [0.25, 0.3) is 5.91 Å². The summed E-state index contributed by atoms with van der Waals surface area (Å²) < 4.78 is 27.5. The zero-order valence-corrected chi connectivity index (χ0v) is 18.7. The summed E-state index contributed by atoms with van der Waals surface area (Å²) in [5, 5.41) is 5.32. The van der Waals surface area contributed by atoms with E-state index in [9.17, 15) is 18.8 Å². The highest BCUT2D eigenvalue weighted by Gasteiger charge is 2.22. The number of unbranched alkanes of at least 4 members (excludes halogenated alkanes) is 1. The molecule has 0 aliphatic carbocycles. The predicted molar refractivity (Wildman–Crippen MR) is 114 cm³/mol. The van der Waals surface area contributed by atoms with Crippen LogP contribution in [0.2, 0.25) is 0 Å². The maximum Gasteiger partial charge on any atom is 0.407 e. The van der Waals surface area contributed by atoms with Gasteiger partial charge in [-0.1, -0.05) is 6.07 Å². The van der Waals surface area contributed by atoms with Crippen LogP contribution >= 0.6 is 0 Å². The molecular formula is C22H33FN2O6. The summed E-state index contributed by atoms with van der Waals surface area (Å²) in [4.78, 5) is 36.3. The average Bonchev–Trinajstić information content (AvgIpc) is 2.71. The number of alkyl halides is 1. The van der Waals surface area contributed by atoms with Crippen LogP contribution in [0.4, 0.5) is 9.18 Å². The van der Waals surface area contributed by atoms with Crippen molar-refractivity contribution in [2.75, 3.05) is 26.9 Å². The molecule has 1 atom stereocenters. The molecule has 0 unspecified atom stereocenters. The molecule has 2 N–H and O–H groups in total. The Balaban J connectivity index is 2.53. The molecule has 1 rings (SSSR count). The van der Waals surface area contributed by atoms with E-state index in [0.717, 1.165) is 0 Å². The lowest BCUT2D eigenvalue weighted by molar-refractivity contribution is -0.143. The Kier molecular flexibility index (Phi) is 11.4. The van der Waals surface area contributed by atoms with Crippen LogP contribution in [0, 0.1) is 0 Å². The van der Waals surface area contributed by atoms with Crippen LogP contribution in [0.15, 0.2) is 24.3 Å². The van der Waals surface area contributed by atoms with Gasteiger partial charge in [-0.25, -0.2) is 9.59 Å². The first-order chi connectivity index (χ1) is 14.7. The lowest BCUT2D eigenvalue weighted by Gasteiger charge is -2.20. The number of carbonyl (C=O) groups excluding carboxylic acids is 3. The van der Waals surface area contributed by atoms with Crippen LogP contribution in [0.1, 0.15) is 56.8 Å². The first-order valence-electron chi connectivity index (χ1n) is 10.3. The summed E-state index contributed by atoms with van der Waals surface area (Å²) in [7, 11) is 1.25. The maximum absolute atomic E-state index is 12.6. The minimum atomic E-state index is -0.824. The van der Waals surface area contributed by atoms with E-state index in [1.807, 2.05) is 0 Å².